The van der Waals surface area contributed by atoms with Gasteiger partial charge >= 0.3 is 12.2 Å². The van der Waals surface area contributed by atoms with E-state index in [0.29, 0.717) is 17.5 Å². The summed E-state index contributed by atoms with van der Waals surface area (Å²) in [4.78, 5) is 23.0. The minimum Gasteiger partial charge on any atom is -0.329 e. The summed E-state index contributed by atoms with van der Waals surface area (Å²) >= 11 is 1.04. The van der Waals surface area contributed by atoms with E-state index in [2.05, 4.69) is 10.2 Å². The highest BCUT2D eigenvalue weighted by Gasteiger charge is 2.28. The molecule has 1 aromatic carbocycles. The van der Waals surface area contributed by atoms with Crippen LogP contribution in [0.1, 0.15) is 12.5 Å². The number of alkyl halides is 3. The Morgan fingerprint density at radius 1 is 1.22 bits per heavy atom. The minimum atomic E-state index is -4.54. The molecule has 0 saturated heterocycles. The van der Waals surface area contributed by atoms with Gasteiger partial charge < -0.3 is 9.88 Å². The Kier molecular flexibility index (Phi) is 6.83. The van der Waals surface area contributed by atoms with E-state index in [4.69, 9.17) is 0 Å². The number of rotatable bonds is 6. The monoisotopic (exact) mass is 401 g/mol. The minimum absolute atomic E-state index is 0.189. The quantitative estimate of drug-likeness (QED) is 0.727. The maximum Gasteiger partial charge on any atom is 0.405 e. The zero-order chi connectivity index (χ0) is 20.0. The average molecular weight is 401 g/mol. The molecular formula is C16H18F3N5O2S. The van der Waals surface area contributed by atoms with E-state index in [1.807, 2.05) is 48.0 Å². The van der Waals surface area contributed by atoms with Crippen LogP contribution in [0.15, 0.2) is 29.4 Å². The van der Waals surface area contributed by atoms with Crippen molar-refractivity contribution in [2.75, 3.05) is 12.3 Å². The van der Waals surface area contributed by atoms with Crippen molar-refractivity contribution in [2.24, 2.45) is 0 Å². The first-order valence-electron chi connectivity index (χ1n) is 7.97. The summed E-state index contributed by atoms with van der Waals surface area (Å²) in [7, 11) is 0. The Morgan fingerprint density at radius 2 is 1.93 bits per heavy atom. The number of urea groups is 1. The molecule has 0 aliphatic heterocycles. The van der Waals surface area contributed by atoms with E-state index >= 15 is 0 Å². The molecule has 0 bridgehead atoms. The Morgan fingerprint density at radius 3 is 2.56 bits per heavy atom. The van der Waals surface area contributed by atoms with Crippen LogP contribution in [0.5, 0.6) is 0 Å². The first-order chi connectivity index (χ1) is 12.7. The normalized spacial score (nSPS) is 11.3. The molecule has 1 aromatic heterocycles. The molecule has 0 aliphatic rings. The maximum atomic E-state index is 12.0. The molecule has 7 nitrogen and oxygen atoms in total. The van der Waals surface area contributed by atoms with Gasteiger partial charge in [0.05, 0.1) is 5.75 Å². The highest BCUT2D eigenvalue weighted by Crippen LogP contribution is 2.26. The second kappa shape index (κ2) is 8.89. The Balaban J connectivity index is 1.97. The van der Waals surface area contributed by atoms with Crippen LogP contribution in [0.4, 0.5) is 18.0 Å². The van der Waals surface area contributed by atoms with Crippen LogP contribution in [0.2, 0.25) is 0 Å². The fourth-order valence-corrected chi connectivity index (χ4v) is 3.02. The van der Waals surface area contributed by atoms with E-state index in [1.165, 1.54) is 0 Å². The number of benzene rings is 1. The number of aryl methyl sites for hydroxylation is 1. The number of nitrogens with one attached hydrogen (secondary N) is 2. The van der Waals surface area contributed by atoms with Crippen molar-refractivity contribution in [3.63, 3.8) is 0 Å². The zero-order valence-corrected chi connectivity index (χ0v) is 15.4. The Bertz CT molecular complexity index is 823. The molecular weight excluding hydrogens is 383 g/mol. The number of amides is 3. The number of hydrogen-bond donors (Lipinski definition) is 2. The van der Waals surface area contributed by atoms with Crippen molar-refractivity contribution in [3.8, 4) is 11.4 Å². The van der Waals surface area contributed by atoms with Crippen molar-refractivity contribution in [1.29, 1.82) is 0 Å². The number of halogens is 3. The molecule has 2 rings (SSSR count). The first-order valence-corrected chi connectivity index (χ1v) is 8.96. The fourth-order valence-electron chi connectivity index (χ4n) is 2.22. The SMILES string of the molecule is CCn1c(SCC(=O)NC(=O)NCC(F)(F)F)nnc1-c1ccccc1C. The molecule has 0 unspecified atom stereocenters. The van der Waals surface area contributed by atoms with Crippen LogP contribution in [0, 0.1) is 6.92 Å². The van der Waals surface area contributed by atoms with Crippen LogP contribution in [-0.4, -0.2) is 45.2 Å². The molecule has 27 heavy (non-hydrogen) atoms. The zero-order valence-electron chi connectivity index (χ0n) is 14.6. The van der Waals surface area contributed by atoms with Gasteiger partial charge in [0.15, 0.2) is 11.0 Å². The second-order valence-electron chi connectivity index (χ2n) is 5.50. The lowest BCUT2D eigenvalue weighted by atomic mass is 10.1. The third kappa shape index (κ3) is 5.98. The number of thioether (sulfide) groups is 1. The third-order valence-electron chi connectivity index (χ3n) is 3.45. The molecule has 2 N–H and O–H groups in total. The summed E-state index contributed by atoms with van der Waals surface area (Å²) < 4.78 is 37.9. The van der Waals surface area contributed by atoms with E-state index in [9.17, 15) is 22.8 Å². The van der Waals surface area contributed by atoms with Gasteiger partial charge in [-0.3, -0.25) is 10.1 Å². The molecule has 0 radical (unpaired) electrons. The van der Waals surface area contributed by atoms with E-state index < -0.39 is 24.7 Å². The van der Waals surface area contributed by atoms with Gasteiger partial charge in [0.25, 0.3) is 0 Å². The summed E-state index contributed by atoms with van der Waals surface area (Å²) in [6.07, 6.45) is -4.54. The summed E-state index contributed by atoms with van der Waals surface area (Å²) in [5.74, 6) is -0.269. The second-order valence-corrected chi connectivity index (χ2v) is 6.44. The van der Waals surface area contributed by atoms with E-state index in [1.54, 1.807) is 5.32 Å². The van der Waals surface area contributed by atoms with Gasteiger partial charge in [0.2, 0.25) is 5.91 Å². The maximum absolute atomic E-state index is 12.0. The van der Waals surface area contributed by atoms with Crippen molar-refractivity contribution >= 4 is 23.7 Å². The molecule has 11 heteroatoms. The number of nitrogens with zero attached hydrogens (tertiary/aromatic N) is 3. The lowest BCUT2D eigenvalue weighted by Gasteiger charge is -2.10. The Labute approximate surface area is 157 Å². The molecule has 2 aromatic rings. The molecule has 0 aliphatic carbocycles. The number of carbonyl (C=O) groups excluding carboxylic acids is 2. The molecule has 3 amide bonds. The summed E-state index contributed by atoms with van der Waals surface area (Å²) in [5, 5.41) is 12.1. The number of hydrogen-bond acceptors (Lipinski definition) is 5. The largest absolute Gasteiger partial charge is 0.405 e. The van der Waals surface area contributed by atoms with E-state index in [-0.39, 0.29) is 5.75 Å². The van der Waals surface area contributed by atoms with Gasteiger partial charge in [-0.05, 0) is 19.4 Å². The molecule has 1 heterocycles. The highest BCUT2D eigenvalue weighted by atomic mass is 32.2. The van der Waals surface area contributed by atoms with Crippen LogP contribution < -0.4 is 10.6 Å². The summed E-state index contributed by atoms with van der Waals surface area (Å²) in [6.45, 7) is 2.90. The van der Waals surface area contributed by atoms with Crippen LogP contribution in [0.3, 0.4) is 0 Å². The highest BCUT2D eigenvalue weighted by molar-refractivity contribution is 7.99. The van der Waals surface area contributed by atoms with Crippen molar-refractivity contribution in [3.05, 3.63) is 29.8 Å². The van der Waals surface area contributed by atoms with E-state index in [0.717, 1.165) is 22.9 Å². The van der Waals surface area contributed by atoms with Crippen LogP contribution in [0.25, 0.3) is 11.4 Å². The van der Waals surface area contributed by atoms with Gasteiger partial charge in [0, 0.05) is 12.1 Å². The van der Waals surface area contributed by atoms with Crippen LogP contribution in [-0.2, 0) is 11.3 Å². The fraction of sp³-hybridized carbons (Fsp3) is 0.375. The standard InChI is InChI=1S/C16H18F3N5O2S/c1-3-24-13(11-7-5-4-6-10(11)2)22-23-15(24)27-8-12(25)21-14(26)20-9-16(17,18)19/h4-7H,3,8-9H2,1-2H3,(H2,20,21,25,26). The lowest BCUT2D eigenvalue weighted by molar-refractivity contribution is -0.124. The van der Waals surface area contributed by atoms with Crippen molar-refractivity contribution in [2.45, 2.75) is 31.7 Å². The molecule has 0 saturated carbocycles. The average Bonchev–Trinajstić information content (AvgIpc) is 3.00. The van der Waals surface area contributed by atoms with Gasteiger partial charge in [-0.25, -0.2) is 4.79 Å². The predicted molar refractivity (Wildman–Crippen MR) is 94.2 cm³/mol. The number of aromatic nitrogens is 3. The lowest BCUT2D eigenvalue weighted by Crippen LogP contribution is -2.43. The first kappa shape index (κ1) is 20.7. The predicted octanol–water partition coefficient (Wildman–Crippen LogP) is 2.75. The smallest absolute Gasteiger partial charge is 0.329 e. The van der Waals surface area contributed by atoms with Gasteiger partial charge in [-0.2, -0.15) is 13.2 Å². The number of carbonyl (C=O) groups is 2. The topological polar surface area (TPSA) is 88.9 Å². The van der Waals surface area contributed by atoms with Crippen molar-refractivity contribution < 1.29 is 22.8 Å². The third-order valence-corrected chi connectivity index (χ3v) is 4.42. The molecule has 0 fully saturated rings. The molecule has 0 atom stereocenters. The Hall–Kier alpha value is -2.56. The summed E-state index contributed by atoms with van der Waals surface area (Å²) in [5.41, 5.74) is 1.94. The van der Waals surface area contributed by atoms with Gasteiger partial charge in [-0.1, -0.05) is 36.0 Å². The number of imide groups is 1. The summed E-state index contributed by atoms with van der Waals surface area (Å²) in [6, 6.07) is 6.46. The molecule has 146 valence electrons. The van der Waals surface area contributed by atoms with Gasteiger partial charge in [-0.15, -0.1) is 10.2 Å². The van der Waals surface area contributed by atoms with Crippen molar-refractivity contribution in [1.82, 2.24) is 25.4 Å². The van der Waals surface area contributed by atoms with Crippen LogP contribution >= 0.6 is 11.8 Å². The van der Waals surface area contributed by atoms with Gasteiger partial charge in [0.1, 0.15) is 6.54 Å². The molecule has 0 spiro atoms.